The van der Waals surface area contributed by atoms with Gasteiger partial charge in [-0.2, -0.15) is 0 Å². The number of hydrogen-bond donors (Lipinski definition) is 2. The van der Waals surface area contributed by atoms with Crippen LogP contribution in [0.4, 0.5) is 0 Å². The summed E-state index contributed by atoms with van der Waals surface area (Å²) in [5.41, 5.74) is 0. The SMILES string of the molecule is CCOC(=O)C1CCCN(C(=NC)NCCNC(=O)CC2CCCCC2)C1. The number of aliphatic imine (C=N–C) groups is 1. The minimum atomic E-state index is -0.118. The minimum Gasteiger partial charge on any atom is -0.466 e. The van der Waals surface area contributed by atoms with E-state index in [1.54, 1.807) is 7.05 Å². The molecule has 0 bridgehead atoms. The zero-order chi connectivity index (χ0) is 19.5. The minimum absolute atomic E-state index is 0.0903. The molecule has 1 atom stereocenters. The molecule has 1 saturated heterocycles. The van der Waals surface area contributed by atoms with Gasteiger partial charge in [-0.1, -0.05) is 19.3 Å². The van der Waals surface area contributed by atoms with Crippen molar-refractivity contribution in [3.05, 3.63) is 0 Å². The van der Waals surface area contributed by atoms with Crippen molar-refractivity contribution in [2.45, 2.75) is 58.3 Å². The summed E-state index contributed by atoms with van der Waals surface area (Å²) < 4.78 is 5.16. The summed E-state index contributed by atoms with van der Waals surface area (Å²) in [7, 11) is 1.75. The van der Waals surface area contributed by atoms with Crippen LogP contribution in [0, 0.1) is 11.8 Å². The summed E-state index contributed by atoms with van der Waals surface area (Å²) in [5.74, 6) is 1.29. The van der Waals surface area contributed by atoms with Crippen molar-refractivity contribution in [3.63, 3.8) is 0 Å². The van der Waals surface area contributed by atoms with Gasteiger partial charge in [0.15, 0.2) is 5.96 Å². The molecule has 1 aliphatic carbocycles. The summed E-state index contributed by atoms with van der Waals surface area (Å²) in [6.45, 7) is 4.98. The Morgan fingerprint density at radius 3 is 2.52 bits per heavy atom. The molecule has 2 fully saturated rings. The van der Waals surface area contributed by atoms with Gasteiger partial charge in [0.05, 0.1) is 12.5 Å². The summed E-state index contributed by atoms with van der Waals surface area (Å²) in [6, 6.07) is 0. The molecule has 0 aromatic heterocycles. The molecule has 1 unspecified atom stereocenters. The molecule has 0 aromatic carbocycles. The summed E-state index contributed by atoms with van der Waals surface area (Å²) in [5, 5.41) is 6.31. The molecule has 7 heteroatoms. The van der Waals surface area contributed by atoms with Gasteiger partial charge >= 0.3 is 5.97 Å². The van der Waals surface area contributed by atoms with Gasteiger partial charge in [0.25, 0.3) is 0 Å². The number of amides is 1. The molecular formula is C20H36N4O3. The number of piperidine rings is 1. The molecule has 154 valence electrons. The number of carbonyl (C=O) groups excluding carboxylic acids is 2. The predicted molar refractivity (Wildman–Crippen MR) is 106 cm³/mol. The Morgan fingerprint density at radius 2 is 1.81 bits per heavy atom. The Bertz CT molecular complexity index is 503. The lowest BCUT2D eigenvalue weighted by atomic mass is 9.87. The molecule has 0 radical (unpaired) electrons. The fraction of sp³-hybridized carbons (Fsp3) is 0.850. The highest BCUT2D eigenvalue weighted by Crippen LogP contribution is 2.26. The van der Waals surface area contributed by atoms with Crippen LogP contribution in [0.5, 0.6) is 0 Å². The molecule has 0 aromatic rings. The molecule has 1 saturated carbocycles. The number of nitrogens with one attached hydrogen (secondary N) is 2. The van der Waals surface area contributed by atoms with Gasteiger partial charge in [-0.25, -0.2) is 0 Å². The van der Waals surface area contributed by atoms with E-state index in [9.17, 15) is 9.59 Å². The van der Waals surface area contributed by atoms with Gasteiger partial charge in [-0.05, 0) is 38.5 Å². The number of ether oxygens (including phenoxy) is 1. The number of rotatable bonds is 7. The zero-order valence-corrected chi connectivity index (χ0v) is 17.0. The van der Waals surface area contributed by atoms with Crippen LogP contribution >= 0.6 is 0 Å². The fourth-order valence-electron chi connectivity index (χ4n) is 4.06. The number of guanidine groups is 1. The average Bonchev–Trinajstić information content (AvgIpc) is 2.69. The maximum absolute atomic E-state index is 12.1. The van der Waals surface area contributed by atoms with Crippen molar-refractivity contribution in [1.82, 2.24) is 15.5 Å². The molecule has 1 amide bonds. The monoisotopic (exact) mass is 380 g/mol. The van der Waals surface area contributed by atoms with E-state index < -0.39 is 0 Å². The van der Waals surface area contributed by atoms with Crippen molar-refractivity contribution in [1.29, 1.82) is 0 Å². The Kier molecular flexibility index (Phi) is 9.42. The van der Waals surface area contributed by atoms with Crippen molar-refractivity contribution in [2.24, 2.45) is 16.8 Å². The smallest absolute Gasteiger partial charge is 0.310 e. The molecule has 1 aliphatic heterocycles. The maximum Gasteiger partial charge on any atom is 0.310 e. The third-order valence-electron chi connectivity index (χ3n) is 5.48. The normalized spacial score (nSPS) is 21.6. The quantitative estimate of drug-likeness (QED) is 0.305. The fourth-order valence-corrected chi connectivity index (χ4v) is 4.06. The van der Waals surface area contributed by atoms with Crippen molar-refractivity contribution >= 4 is 17.8 Å². The van der Waals surface area contributed by atoms with E-state index in [1.807, 2.05) is 6.92 Å². The Hall–Kier alpha value is -1.79. The van der Waals surface area contributed by atoms with Crippen LogP contribution in [0.15, 0.2) is 4.99 Å². The second kappa shape index (κ2) is 11.8. The van der Waals surface area contributed by atoms with Gasteiger partial charge < -0.3 is 20.3 Å². The van der Waals surface area contributed by atoms with Crippen LogP contribution < -0.4 is 10.6 Å². The number of hydrogen-bond acceptors (Lipinski definition) is 4. The lowest BCUT2D eigenvalue weighted by Gasteiger charge is -2.34. The number of likely N-dealkylation sites (tertiary alicyclic amines) is 1. The Labute approximate surface area is 163 Å². The van der Waals surface area contributed by atoms with Crippen LogP contribution in [0.25, 0.3) is 0 Å². The highest BCUT2D eigenvalue weighted by Gasteiger charge is 2.28. The first-order valence-corrected chi connectivity index (χ1v) is 10.5. The van der Waals surface area contributed by atoms with E-state index in [0.717, 1.165) is 25.3 Å². The molecule has 7 nitrogen and oxygen atoms in total. The zero-order valence-electron chi connectivity index (χ0n) is 17.0. The number of nitrogens with zero attached hydrogens (tertiary/aromatic N) is 2. The molecular weight excluding hydrogens is 344 g/mol. The molecule has 0 spiro atoms. The van der Waals surface area contributed by atoms with Gasteiger partial charge in [0.2, 0.25) is 5.91 Å². The van der Waals surface area contributed by atoms with E-state index in [-0.39, 0.29) is 17.8 Å². The van der Waals surface area contributed by atoms with Gasteiger partial charge in [0, 0.05) is 39.6 Å². The van der Waals surface area contributed by atoms with Gasteiger partial charge in [0.1, 0.15) is 0 Å². The standard InChI is InChI=1S/C20H36N4O3/c1-3-27-19(26)17-10-7-13-24(15-17)20(21-2)23-12-11-22-18(25)14-16-8-5-4-6-9-16/h16-17H,3-15H2,1-2H3,(H,21,23)(H,22,25). The first-order valence-electron chi connectivity index (χ1n) is 10.5. The van der Waals surface area contributed by atoms with E-state index >= 15 is 0 Å². The van der Waals surface area contributed by atoms with Gasteiger partial charge in [-0.15, -0.1) is 0 Å². The molecule has 2 rings (SSSR count). The summed E-state index contributed by atoms with van der Waals surface area (Å²) in [4.78, 5) is 30.5. The van der Waals surface area contributed by atoms with E-state index in [4.69, 9.17) is 4.74 Å². The van der Waals surface area contributed by atoms with Gasteiger partial charge in [-0.3, -0.25) is 14.6 Å². The van der Waals surface area contributed by atoms with Crippen LogP contribution in [0.2, 0.25) is 0 Å². The highest BCUT2D eigenvalue weighted by molar-refractivity contribution is 5.81. The summed E-state index contributed by atoms with van der Waals surface area (Å²) in [6.07, 6.45) is 8.68. The van der Waals surface area contributed by atoms with E-state index in [1.165, 1.54) is 32.1 Å². The topological polar surface area (TPSA) is 83.0 Å². The number of carbonyl (C=O) groups is 2. The third-order valence-corrected chi connectivity index (χ3v) is 5.48. The van der Waals surface area contributed by atoms with Crippen molar-refractivity contribution in [2.75, 3.05) is 39.8 Å². The molecule has 27 heavy (non-hydrogen) atoms. The second-order valence-corrected chi connectivity index (χ2v) is 7.57. The largest absolute Gasteiger partial charge is 0.466 e. The first-order chi connectivity index (χ1) is 13.1. The lowest BCUT2D eigenvalue weighted by Crippen LogP contribution is -2.49. The van der Waals surface area contributed by atoms with Crippen LogP contribution in [-0.4, -0.2) is 62.6 Å². The molecule has 2 aliphatic rings. The van der Waals surface area contributed by atoms with Crippen LogP contribution in [0.1, 0.15) is 58.3 Å². The van der Waals surface area contributed by atoms with E-state index in [0.29, 0.717) is 38.6 Å². The maximum atomic E-state index is 12.1. The second-order valence-electron chi connectivity index (χ2n) is 7.57. The average molecular weight is 381 g/mol. The molecule has 2 N–H and O–H groups in total. The number of esters is 1. The third kappa shape index (κ3) is 7.39. The molecule has 1 heterocycles. The van der Waals surface area contributed by atoms with Crippen molar-refractivity contribution in [3.8, 4) is 0 Å². The first kappa shape index (κ1) is 21.5. The predicted octanol–water partition coefficient (Wildman–Crippen LogP) is 1.92. The Balaban J connectivity index is 1.67. The van der Waals surface area contributed by atoms with E-state index in [2.05, 4.69) is 20.5 Å². The lowest BCUT2D eigenvalue weighted by molar-refractivity contribution is -0.149. The highest BCUT2D eigenvalue weighted by atomic mass is 16.5. The van der Waals surface area contributed by atoms with Crippen LogP contribution in [0.3, 0.4) is 0 Å². The van der Waals surface area contributed by atoms with Crippen LogP contribution in [-0.2, 0) is 14.3 Å². The summed E-state index contributed by atoms with van der Waals surface area (Å²) >= 11 is 0. The van der Waals surface area contributed by atoms with Crippen molar-refractivity contribution < 1.29 is 14.3 Å². The Morgan fingerprint density at radius 1 is 1.07 bits per heavy atom.